The first-order valence-corrected chi connectivity index (χ1v) is 13.7. The minimum Gasteiger partial charge on any atom is -0.322 e. The molecular weight excluding hydrogens is 440 g/mol. The number of thiophene rings is 1. The molecule has 2 aromatic carbocycles. The summed E-state index contributed by atoms with van der Waals surface area (Å²) in [6, 6.07) is 14.1. The maximum absolute atomic E-state index is 13.1. The molecule has 178 valence electrons. The quantitative estimate of drug-likeness (QED) is 0.383. The van der Waals surface area contributed by atoms with Crippen LogP contribution in [-0.4, -0.2) is 35.7 Å². The van der Waals surface area contributed by atoms with E-state index in [1.54, 1.807) is 23.5 Å². The molecule has 1 N–H and O–H groups in total. The third kappa shape index (κ3) is 4.82. The van der Waals surface area contributed by atoms with Gasteiger partial charge in [0.1, 0.15) is 0 Å². The molecule has 5 rings (SSSR count). The molecule has 0 spiro atoms. The lowest BCUT2D eigenvalue weighted by molar-refractivity contribution is 0.0963. The second-order valence-electron chi connectivity index (χ2n) is 9.82. The third-order valence-corrected chi connectivity index (χ3v) is 8.59. The minimum atomic E-state index is -0.220. The Morgan fingerprint density at radius 3 is 2.71 bits per heavy atom. The SMILES string of the molecule is CCCC(=O)c1ccccc1C(=O)Nc1ccc2scc(C3CCC4CCCCN4CC3)c2c1. The Hall–Kier alpha value is -2.50. The van der Waals surface area contributed by atoms with Crippen LogP contribution in [0.15, 0.2) is 47.8 Å². The fourth-order valence-electron chi connectivity index (χ4n) is 5.78. The zero-order valence-electron chi connectivity index (χ0n) is 20.0. The number of carbonyl (C=O) groups excluding carboxylic acids is 2. The van der Waals surface area contributed by atoms with E-state index in [4.69, 9.17) is 0 Å². The molecule has 5 heteroatoms. The first kappa shape index (κ1) is 23.3. The Morgan fingerprint density at radius 2 is 1.85 bits per heavy atom. The molecule has 0 saturated carbocycles. The van der Waals surface area contributed by atoms with Crippen LogP contribution in [0.2, 0.25) is 0 Å². The molecular formula is C29H34N2O2S. The highest BCUT2D eigenvalue weighted by Crippen LogP contribution is 2.40. The number of nitrogens with zero attached hydrogens (tertiary/aromatic N) is 1. The molecule has 2 aliphatic rings. The van der Waals surface area contributed by atoms with Crippen LogP contribution < -0.4 is 5.32 Å². The second-order valence-corrected chi connectivity index (χ2v) is 10.7. The monoisotopic (exact) mass is 474 g/mol. The van der Waals surface area contributed by atoms with Crippen LogP contribution in [0, 0.1) is 0 Å². The second kappa shape index (κ2) is 10.4. The standard InChI is InChI=1S/C29H34N2O2S/c1-2-7-27(32)23-9-3-4-10-24(23)29(33)30-21-12-14-28-25(18-21)26(19-34-28)20-11-13-22-8-5-6-16-31(22)17-15-20/h3-4,9-10,12,14,18-20,22H,2,5-8,11,13,15-17H2,1H3,(H,30,33). The van der Waals surface area contributed by atoms with Crippen LogP contribution in [0.25, 0.3) is 10.1 Å². The van der Waals surface area contributed by atoms with Gasteiger partial charge in [0, 0.05) is 28.4 Å². The summed E-state index contributed by atoms with van der Waals surface area (Å²) in [7, 11) is 0. The van der Waals surface area contributed by atoms with E-state index in [1.165, 1.54) is 67.3 Å². The normalized spacial score (nSPS) is 21.1. The highest BCUT2D eigenvalue weighted by Gasteiger charge is 2.28. The molecule has 3 heterocycles. The Balaban J connectivity index is 1.37. The van der Waals surface area contributed by atoms with Gasteiger partial charge in [-0.2, -0.15) is 0 Å². The summed E-state index contributed by atoms with van der Waals surface area (Å²) in [6.07, 6.45) is 9.06. The molecule has 2 saturated heterocycles. The fourth-order valence-corrected chi connectivity index (χ4v) is 6.80. The zero-order chi connectivity index (χ0) is 23.5. The summed E-state index contributed by atoms with van der Waals surface area (Å²) < 4.78 is 1.27. The van der Waals surface area contributed by atoms with Crippen LogP contribution in [-0.2, 0) is 0 Å². The molecule has 1 aromatic heterocycles. The number of anilines is 1. The first-order valence-electron chi connectivity index (χ1n) is 12.8. The molecule has 3 aromatic rings. The highest BCUT2D eigenvalue weighted by atomic mass is 32.1. The summed E-state index contributed by atoms with van der Waals surface area (Å²) in [5.74, 6) is 0.383. The van der Waals surface area contributed by atoms with Gasteiger partial charge in [-0.1, -0.05) is 31.5 Å². The van der Waals surface area contributed by atoms with E-state index in [9.17, 15) is 9.59 Å². The van der Waals surface area contributed by atoms with Gasteiger partial charge in [0.2, 0.25) is 0 Å². The number of amides is 1. The first-order chi connectivity index (χ1) is 16.6. The molecule has 2 atom stereocenters. The van der Waals surface area contributed by atoms with Gasteiger partial charge < -0.3 is 10.2 Å². The lowest BCUT2D eigenvalue weighted by atomic mass is 9.90. The van der Waals surface area contributed by atoms with Gasteiger partial charge in [0.15, 0.2) is 5.78 Å². The topological polar surface area (TPSA) is 49.4 Å². The van der Waals surface area contributed by atoms with Gasteiger partial charge in [-0.3, -0.25) is 9.59 Å². The van der Waals surface area contributed by atoms with E-state index in [-0.39, 0.29) is 11.7 Å². The van der Waals surface area contributed by atoms with Gasteiger partial charge >= 0.3 is 0 Å². The maximum atomic E-state index is 13.1. The smallest absolute Gasteiger partial charge is 0.256 e. The fraction of sp³-hybridized carbons (Fsp3) is 0.448. The van der Waals surface area contributed by atoms with Gasteiger partial charge in [-0.05, 0) is 98.1 Å². The van der Waals surface area contributed by atoms with Crippen molar-refractivity contribution in [3.8, 4) is 0 Å². The lowest BCUT2D eigenvalue weighted by Gasteiger charge is -2.33. The van der Waals surface area contributed by atoms with Crippen molar-refractivity contribution in [1.82, 2.24) is 4.90 Å². The van der Waals surface area contributed by atoms with Crippen molar-refractivity contribution in [3.05, 3.63) is 64.5 Å². The van der Waals surface area contributed by atoms with E-state index >= 15 is 0 Å². The van der Waals surface area contributed by atoms with Crippen molar-refractivity contribution in [2.45, 2.75) is 70.3 Å². The van der Waals surface area contributed by atoms with Crippen molar-refractivity contribution in [2.75, 3.05) is 18.4 Å². The average molecular weight is 475 g/mol. The summed E-state index contributed by atoms with van der Waals surface area (Å²) in [5, 5.41) is 6.67. The zero-order valence-corrected chi connectivity index (χ0v) is 20.8. The summed E-state index contributed by atoms with van der Waals surface area (Å²) in [5.41, 5.74) is 3.19. The molecule has 0 bridgehead atoms. The van der Waals surface area contributed by atoms with E-state index in [0.29, 0.717) is 23.5 Å². The molecule has 0 radical (unpaired) electrons. The number of nitrogens with one attached hydrogen (secondary N) is 1. The number of Topliss-reactive ketones (excluding diaryl/α,β-unsaturated/α-hetero) is 1. The van der Waals surface area contributed by atoms with Gasteiger partial charge in [0.05, 0.1) is 5.56 Å². The Morgan fingerprint density at radius 1 is 1.00 bits per heavy atom. The Labute approximate surface area is 206 Å². The third-order valence-electron chi connectivity index (χ3n) is 7.61. The largest absolute Gasteiger partial charge is 0.322 e. The molecule has 4 nitrogen and oxygen atoms in total. The van der Waals surface area contributed by atoms with Crippen molar-refractivity contribution in [2.24, 2.45) is 0 Å². The summed E-state index contributed by atoms with van der Waals surface area (Å²) in [6.45, 7) is 4.44. The van der Waals surface area contributed by atoms with Gasteiger partial charge in [-0.25, -0.2) is 0 Å². The van der Waals surface area contributed by atoms with E-state index in [0.717, 1.165) is 18.2 Å². The van der Waals surface area contributed by atoms with Crippen molar-refractivity contribution in [1.29, 1.82) is 0 Å². The van der Waals surface area contributed by atoms with E-state index in [2.05, 4.69) is 27.7 Å². The predicted octanol–water partition coefficient (Wildman–Crippen LogP) is 7.26. The number of carbonyl (C=O) groups is 2. The van der Waals surface area contributed by atoms with Crippen LogP contribution in [0.3, 0.4) is 0 Å². The van der Waals surface area contributed by atoms with Crippen molar-refractivity contribution >= 4 is 38.8 Å². The summed E-state index contributed by atoms with van der Waals surface area (Å²) in [4.78, 5) is 28.4. The number of hydrogen-bond acceptors (Lipinski definition) is 4. The Bertz CT molecular complexity index is 1170. The molecule has 1 amide bonds. The molecule has 34 heavy (non-hydrogen) atoms. The Kier molecular flexibility index (Phi) is 7.12. The molecule has 0 aliphatic carbocycles. The average Bonchev–Trinajstić information content (AvgIpc) is 3.15. The van der Waals surface area contributed by atoms with Gasteiger partial charge in [0.25, 0.3) is 5.91 Å². The number of benzene rings is 2. The van der Waals surface area contributed by atoms with Crippen LogP contribution >= 0.6 is 11.3 Å². The number of ketones is 1. The van der Waals surface area contributed by atoms with Crippen LogP contribution in [0.1, 0.15) is 90.5 Å². The number of hydrogen-bond donors (Lipinski definition) is 1. The summed E-state index contributed by atoms with van der Waals surface area (Å²) >= 11 is 1.80. The van der Waals surface area contributed by atoms with Crippen molar-refractivity contribution < 1.29 is 9.59 Å². The number of piperidine rings is 1. The van der Waals surface area contributed by atoms with Crippen molar-refractivity contribution in [3.63, 3.8) is 0 Å². The van der Waals surface area contributed by atoms with Gasteiger partial charge in [-0.15, -0.1) is 11.3 Å². The predicted molar refractivity (Wildman–Crippen MR) is 141 cm³/mol. The van der Waals surface area contributed by atoms with Crippen LogP contribution in [0.5, 0.6) is 0 Å². The molecule has 2 aliphatic heterocycles. The lowest BCUT2D eigenvalue weighted by Crippen LogP contribution is -2.38. The van der Waals surface area contributed by atoms with E-state index in [1.807, 2.05) is 25.1 Å². The number of rotatable bonds is 6. The van der Waals surface area contributed by atoms with E-state index < -0.39 is 0 Å². The minimum absolute atomic E-state index is 0.0218. The molecule has 2 fully saturated rings. The number of fused-ring (bicyclic) bond motifs is 2. The van der Waals surface area contributed by atoms with Crippen LogP contribution in [0.4, 0.5) is 5.69 Å². The highest BCUT2D eigenvalue weighted by molar-refractivity contribution is 7.17. The maximum Gasteiger partial charge on any atom is 0.256 e. The molecule has 2 unspecified atom stereocenters.